The Bertz CT molecular complexity index is 142. The smallest absolute Gasteiger partial charge is 0.0972 e. The van der Waals surface area contributed by atoms with Gasteiger partial charge in [-0.15, -0.1) is 0 Å². The molecular weight excluding hydrogens is 154 g/mol. The van der Waals surface area contributed by atoms with Crippen LogP contribution in [0.25, 0.3) is 0 Å². The van der Waals surface area contributed by atoms with Crippen LogP contribution in [0.3, 0.4) is 0 Å². The van der Waals surface area contributed by atoms with Gasteiger partial charge in [0.25, 0.3) is 0 Å². The second-order valence-corrected chi connectivity index (χ2v) is 3.78. The van der Waals surface area contributed by atoms with E-state index < -0.39 is 5.60 Å². The molecule has 12 heavy (non-hydrogen) atoms. The van der Waals surface area contributed by atoms with E-state index in [1.807, 2.05) is 13.8 Å². The molecule has 1 fully saturated rings. The first-order valence-electron chi connectivity index (χ1n) is 4.68. The average molecular weight is 173 g/mol. The summed E-state index contributed by atoms with van der Waals surface area (Å²) in [5.74, 6) is 0. The zero-order valence-corrected chi connectivity index (χ0v) is 7.93. The lowest BCUT2D eigenvalue weighted by atomic mass is 9.65. The Morgan fingerprint density at radius 2 is 1.83 bits per heavy atom. The minimum Gasteiger partial charge on any atom is -0.396 e. The maximum Gasteiger partial charge on any atom is 0.0972 e. The van der Waals surface area contributed by atoms with Crippen molar-refractivity contribution in [3.05, 3.63) is 0 Å². The van der Waals surface area contributed by atoms with Crippen molar-refractivity contribution < 1.29 is 10.2 Å². The van der Waals surface area contributed by atoms with Crippen LogP contribution in [0.1, 0.15) is 26.7 Å². The fourth-order valence-electron chi connectivity index (χ4n) is 2.02. The number of nitrogens with one attached hydrogen (secondary N) is 1. The monoisotopic (exact) mass is 173 g/mol. The summed E-state index contributed by atoms with van der Waals surface area (Å²) in [6, 6.07) is 0. The van der Waals surface area contributed by atoms with E-state index in [1.54, 1.807) is 0 Å². The molecule has 0 aromatic rings. The summed E-state index contributed by atoms with van der Waals surface area (Å²) in [4.78, 5) is 0. The van der Waals surface area contributed by atoms with Crippen LogP contribution in [0.5, 0.6) is 0 Å². The van der Waals surface area contributed by atoms with Crippen LogP contribution in [0, 0.1) is 5.41 Å². The number of β-amino-alcohol motifs (C(OH)–C–C–N with tert-alkyl or cyclic N) is 1. The van der Waals surface area contributed by atoms with E-state index in [2.05, 4.69) is 5.32 Å². The fourth-order valence-corrected chi connectivity index (χ4v) is 2.02. The lowest BCUT2D eigenvalue weighted by molar-refractivity contribution is -0.144. The summed E-state index contributed by atoms with van der Waals surface area (Å²) < 4.78 is 0. The third-order valence-electron chi connectivity index (χ3n) is 3.48. The maximum atomic E-state index is 10.1. The molecule has 1 aliphatic rings. The normalized spacial score (nSPS) is 22.0. The Kier molecular flexibility index (Phi) is 2.76. The van der Waals surface area contributed by atoms with Crippen LogP contribution in [-0.2, 0) is 0 Å². The van der Waals surface area contributed by atoms with Gasteiger partial charge in [-0.2, -0.15) is 0 Å². The summed E-state index contributed by atoms with van der Waals surface area (Å²) >= 11 is 0. The van der Waals surface area contributed by atoms with E-state index in [-0.39, 0.29) is 12.0 Å². The van der Waals surface area contributed by atoms with Gasteiger partial charge in [0.1, 0.15) is 0 Å². The van der Waals surface area contributed by atoms with Gasteiger partial charge >= 0.3 is 0 Å². The Morgan fingerprint density at radius 1 is 1.33 bits per heavy atom. The molecule has 1 aliphatic heterocycles. The largest absolute Gasteiger partial charge is 0.396 e. The van der Waals surface area contributed by atoms with Crippen LogP contribution in [0.15, 0.2) is 0 Å². The van der Waals surface area contributed by atoms with Crippen molar-refractivity contribution in [2.75, 3.05) is 19.7 Å². The highest BCUT2D eigenvalue weighted by molar-refractivity contribution is 5.05. The molecule has 0 radical (unpaired) electrons. The van der Waals surface area contributed by atoms with Crippen molar-refractivity contribution in [2.24, 2.45) is 5.41 Å². The first-order valence-corrected chi connectivity index (χ1v) is 4.68. The molecule has 0 atom stereocenters. The molecule has 1 heterocycles. The molecule has 1 saturated heterocycles. The van der Waals surface area contributed by atoms with E-state index in [4.69, 9.17) is 0 Å². The first kappa shape index (κ1) is 9.96. The van der Waals surface area contributed by atoms with Crippen molar-refractivity contribution in [3.63, 3.8) is 0 Å². The molecule has 0 aliphatic carbocycles. The molecule has 0 bridgehead atoms. The third-order valence-corrected chi connectivity index (χ3v) is 3.48. The van der Waals surface area contributed by atoms with E-state index in [1.165, 1.54) is 0 Å². The third kappa shape index (κ3) is 1.16. The Labute approximate surface area is 73.8 Å². The van der Waals surface area contributed by atoms with Crippen molar-refractivity contribution in [1.29, 1.82) is 0 Å². The fraction of sp³-hybridized carbons (Fsp3) is 1.00. The minimum atomic E-state index is -0.675. The number of rotatable bonds is 4. The van der Waals surface area contributed by atoms with Crippen LogP contribution in [-0.4, -0.2) is 35.5 Å². The molecule has 3 heteroatoms. The highest BCUT2D eigenvalue weighted by Gasteiger charge is 2.51. The highest BCUT2D eigenvalue weighted by atomic mass is 16.3. The summed E-state index contributed by atoms with van der Waals surface area (Å²) in [5, 5.41) is 22.4. The van der Waals surface area contributed by atoms with Crippen molar-refractivity contribution in [1.82, 2.24) is 5.32 Å². The van der Waals surface area contributed by atoms with Gasteiger partial charge in [-0.05, 0) is 12.8 Å². The minimum absolute atomic E-state index is 0.0815. The summed E-state index contributed by atoms with van der Waals surface area (Å²) in [6.45, 7) is 5.37. The van der Waals surface area contributed by atoms with Gasteiger partial charge < -0.3 is 15.5 Å². The van der Waals surface area contributed by atoms with E-state index in [0.717, 1.165) is 12.8 Å². The molecule has 1 rings (SSSR count). The molecule has 3 N–H and O–H groups in total. The van der Waals surface area contributed by atoms with Gasteiger partial charge in [0.15, 0.2) is 0 Å². The summed E-state index contributed by atoms with van der Waals surface area (Å²) in [7, 11) is 0. The Balaban J connectivity index is 2.75. The van der Waals surface area contributed by atoms with Crippen LogP contribution in [0.2, 0.25) is 0 Å². The quantitative estimate of drug-likeness (QED) is 0.566. The van der Waals surface area contributed by atoms with Crippen LogP contribution in [0.4, 0.5) is 0 Å². The SMILES string of the molecule is CCC(CC)(CO)C1(O)CNC1. The Hall–Kier alpha value is -0.120. The molecule has 0 aromatic heterocycles. The molecule has 0 saturated carbocycles. The zero-order valence-electron chi connectivity index (χ0n) is 7.93. The molecule has 3 nitrogen and oxygen atoms in total. The second kappa shape index (κ2) is 3.32. The molecule has 0 spiro atoms. The van der Waals surface area contributed by atoms with Crippen LogP contribution >= 0.6 is 0 Å². The molecular formula is C9H19NO2. The number of aliphatic hydroxyl groups excluding tert-OH is 1. The Morgan fingerprint density at radius 3 is 1.92 bits per heavy atom. The molecule has 0 aromatic carbocycles. The number of hydrogen-bond acceptors (Lipinski definition) is 3. The van der Waals surface area contributed by atoms with Gasteiger partial charge in [0.05, 0.1) is 12.2 Å². The van der Waals surface area contributed by atoms with E-state index in [9.17, 15) is 10.2 Å². The van der Waals surface area contributed by atoms with Gasteiger partial charge in [-0.1, -0.05) is 13.8 Å². The summed E-state index contributed by atoms with van der Waals surface area (Å²) in [5.41, 5.74) is -0.969. The van der Waals surface area contributed by atoms with Crippen molar-refractivity contribution >= 4 is 0 Å². The second-order valence-electron chi connectivity index (χ2n) is 3.78. The molecule has 0 amide bonds. The van der Waals surface area contributed by atoms with Crippen molar-refractivity contribution in [2.45, 2.75) is 32.3 Å². The molecule has 72 valence electrons. The lowest BCUT2D eigenvalue weighted by Gasteiger charge is -2.51. The average Bonchev–Trinajstić information content (AvgIpc) is 2.05. The van der Waals surface area contributed by atoms with Gasteiger partial charge in [-0.3, -0.25) is 0 Å². The van der Waals surface area contributed by atoms with Crippen molar-refractivity contribution in [3.8, 4) is 0 Å². The lowest BCUT2D eigenvalue weighted by Crippen LogP contribution is -2.69. The zero-order chi connectivity index (χ0) is 9.24. The predicted octanol–water partition coefficient (Wildman–Crippen LogP) is 0.119. The number of aliphatic hydroxyl groups is 2. The van der Waals surface area contributed by atoms with Gasteiger partial charge in [-0.25, -0.2) is 0 Å². The summed E-state index contributed by atoms with van der Waals surface area (Å²) in [6.07, 6.45) is 1.66. The van der Waals surface area contributed by atoms with Gasteiger partial charge in [0.2, 0.25) is 0 Å². The predicted molar refractivity (Wildman–Crippen MR) is 47.9 cm³/mol. The van der Waals surface area contributed by atoms with E-state index >= 15 is 0 Å². The standard InChI is InChI=1S/C9H19NO2/c1-3-8(4-2,7-11)9(12)5-10-6-9/h10-12H,3-7H2,1-2H3. The van der Waals surface area contributed by atoms with Gasteiger partial charge in [0, 0.05) is 18.5 Å². The highest BCUT2D eigenvalue weighted by Crippen LogP contribution is 2.40. The number of hydrogen-bond donors (Lipinski definition) is 3. The van der Waals surface area contributed by atoms with E-state index in [0.29, 0.717) is 13.1 Å². The maximum absolute atomic E-state index is 10.1. The van der Waals surface area contributed by atoms with Crippen LogP contribution < -0.4 is 5.32 Å². The topological polar surface area (TPSA) is 52.5 Å². The molecule has 0 unspecified atom stereocenters. The first-order chi connectivity index (χ1) is 5.64.